The maximum atomic E-state index is 10.4. The third-order valence-electron chi connectivity index (χ3n) is 0.921. The van der Waals surface area contributed by atoms with Gasteiger partial charge in [0.2, 0.25) is 0 Å². The molecule has 0 fully saturated rings. The Labute approximate surface area is 52.8 Å². The number of allylic oxidation sites excluding steroid dienone is 1. The summed E-state index contributed by atoms with van der Waals surface area (Å²) in [5, 5.41) is 6.85. The molecule has 0 unspecified atom stereocenters. The Balaban J connectivity index is 2.63. The first-order valence-corrected chi connectivity index (χ1v) is 2.60. The summed E-state index contributed by atoms with van der Waals surface area (Å²) in [7, 11) is 0. The zero-order valence-corrected chi connectivity index (χ0v) is 4.87. The zero-order valence-electron chi connectivity index (χ0n) is 4.87. The lowest BCUT2D eigenvalue weighted by Gasteiger charge is -1.82. The smallest absolute Gasteiger partial charge is 0.266 e. The van der Waals surface area contributed by atoms with Crippen molar-refractivity contribution in [1.82, 2.24) is 0 Å². The third-order valence-corrected chi connectivity index (χ3v) is 0.921. The molecule has 0 saturated heterocycles. The van der Waals surface area contributed by atoms with E-state index in [4.69, 9.17) is 0 Å². The lowest BCUT2D eigenvalue weighted by molar-refractivity contribution is -0.113. The van der Waals surface area contributed by atoms with Crippen LogP contribution in [0, 0.1) is 0 Å². The molecule has 46 valence electrons. The molecule has 0 atom stereocenters. The molecule has 0 aliphatic carbocycles. The van der Waals surface area contributed by atoms with Crippen LogP contribution >= 0.6 is 0 Å². The van der Waals surface area contributed by atoms with Gasteiger partial charge in [0.15, 0.2) is 0 Å². The van der Waals surface area contributed by atoms with Gasteiger partial charge in [0, 0.05) is 12.5 Å². The Kier molecular flexibility index (Phi) is 1.53. The molecule has 3 heteroatoms. The van der Waals surface area contributed by atoms with Crippen molar-refractivity contribution in [3.05, 3.63) is 24.4 Å². The average Bonchev–Trinajstić information content (AvgIpc) is 2.17. The number of carbonyl (C=O) groups is 1. The Bertz CT molecular complexity index is 203. The quantitative estimate of drug-likeness (QED) is 0.511. The second-order valence-corrected chi connectivity index (χ2v) is 1.67. The maximum absolute atomic E-state index is 10.4. The van der Waals surface area contributed by atoms with E-state index in [9.17, 15) is 4.79 Å². The predicted octanol–water partition coefficient (Wildman–Crippen LogP) is 1.44. The van der Waals surface area contributed by atoms with Crippen LogP contribution in [0.25, 0.3) is 0 Å². The van der Waals surface area contributed by atoms with Gasteiger partial charge in [0.05, 0.1) is 5.70 Å². The fraction of sp³-hybridized carbons (Fsp3) is 0.167. The molecule has 0 N–H and O–H groups in total. The van der Waals surface area contributed by atoms with Gasteiger partial charge in [-0.05, 0) is 0 Å². The summed E-state index contributed by atoms with van der Waals surface area (Å²) in [5.74, 6) is -0.271. The summed E-state index contributed by atoms with van der Waals surface area (Å²) in [6, 6.07) is 0. The fourth-order valence-corrected chi connectivity index (χ4v) is 0.561. The van der Waals surface area contributed by atoms with Crippen LogP contribution in [0.15, 0.2) is 34.7 Å². The minimum atomic E-state index is -0.271. The topological polar surface area (TPSA) is 41.8 Å². The van der Waals surface area contributed by atoms with Crippen molar-refractivity contribution in [2.24, 2.45) is 10.2 Å². The van der Waals surface area contributed by atoms with Crippen molar-refractivity contribution in [2.75, 3.05) is 0 Å². The number of hydrogen-bond donors (Lipinski definition) is 0. The second kappa shape index (κ2) is 2.35. The average molecular weight is 122 g/mol. The standard InChI is InChI=1S/C6H6N2O/c1-2-3-5-4-6(9)8-7-5/h2,4H,1,3H2. The van der Waals surface area contributed by atoms with Crippen LogP contribution in [0.5, 0.6) is 0 Å². The van der Waals surface area contributed by atoms with E-state index in [2.05, 4.69) is 16.8 Å². The van der Waals surface area contributed by atoms with Gasteiger partial charge in [-0.15, -0.1) is 11.7 Å². The molecule has 0 radical (unpaired) electrons. The molecule has 0 aromatic carbocycles. The molecule has 0 saturated carbocycles. The number of rotatable bonds is 2. The van der Waals surface area contributed by atoms with E-state index in [-0.39, 0.29) is 5.91 Å². The number of nitrogens with zero attached hydrogens (tertiary/aromatic N) is 2. The first kappa shape index (κ1) is 5.88. The van der Waals surface area contributed by atoms with Gasteiger partial charge in [0.1, 0.15) is 0 Å². The molecule has 1 aliphatic heterocycles. The zero-order chi connectivity index (χ0) is 6.69. The van der Waals surface area contributed by atoms with Crippen molar-refractivity contribution < 1.29 is 4.79 Å². The van der Waals surface area contributed by atoms with E-state index < -0.39 is 0 Å². The molecule has 1 amide bonds. The number of amides is 1. The van der Waals surface area contributed by atoms with Crippen molar-refractivity contribution in [1.29, 1.82) is 0 Å². The number of azo groups is 1. The van der Waals surface area contributed by atoms with Crippen LogP contribution in [0.4, 0.5) is 0 Å². The van der Waals surface area contributed by atoms with Gasteiger partial charge in [0.25, 0.3) is 5.91 Å². The van der Waals surface area contributed by atoms with Crippen LogP contribution < -0.4 is 0 Å². The molecule has 1 aliphatic rings. The molecule has 1 rings (SSSR count). The summed E-state index contributed by atoms with van der Waals surface area (Å²) in [5.41, 5.74) is 0.690. The molecule has 0 spiro atoms. The predicted molar refractivity (Wildman–Crippen MR) is 32.8 cm³/mol. The highest BCUT2D eigenvalue weighted by molar-refractivity contribution is 5.90. The van der Waals surface area contributed by atoms with E-state index in [0.717, 1.165) is 0 Å². The SMILES string of the molecule is C=CCC1=CC(=O)N=N1. The normalized spacial score (nSPS) is 16.0. The van der Waals surface area contributed by atoms with Gasteiger partial charge in [-0.25, -0.2) is 0 Å². The Hall–Kier alpha value is -1.25. The lowest BCUT2D eigenvalue weighted by atomic mass is 10.3. The highest BCUT2D eigenvalue weighted by atomic mass is 16.1. The minimum Gasteiger partial charge on any atom is -0.266 e. The third kappa shape index (κ3) is 1.32. The molecule has 1 heterocycles. The Morgan fingerprint density at radius 2 is 2.44 bits per heavy atom. The van der Waals surface area contributed by atoms with E-state index in [1.54, 1.807) is 6.08 Å². The summed E-state index contributed by atoms with van der Waals surface area (Å²) >= 11 is 0. The van der Waals surface area contributed by atoms with Crippen LogP contribution in [0.3, 0.4) is 0 Å². The first-order chi connectivity index (χ1) is 4.33. The van der Waals surface area contributed by atoms with Crippen molar-refractivity contribution in [3.8, 4) is 0 Å². The van der Waals surface area contributed by atoms with E-state index in [1.807, 2.05) is 0 Å². The second-order valence-electron chi connectivity index (χ2n) is 1.67. The summed E-state index contributed by atoms with van der Waals surface area (Å²) < 4.78 is 0. The van der Waals surface area contributed by atoms with Crippen molar-refractivity contribution in [2.45, 2.75) is 6.42 Å². The molecular weight excluding hydrogens is 116 g/mol. The van der Waals surface area contributed by atoms with Crippen LogP contribution in [-0.4, -0.2) is 5.91 Å². The first-order valence-electron chi connectivity index (χ1n) is 2.60. The van der Waals surface area contributed by atoms with Gasteiger partial charge in [-0.2, -0.15) is 5.11 Å². The van der Waals surface area contributed by atoms with Crippen molar-refractivity contribution >= 4 is 5.91 Å². The number of carbonyl (C=O) groups excluding carboxylic acids is 1. The Morgan fingerprint density at radius 1 is 1.67 bits per heavy atom. The molecule has 9 heavy (non-hydrogen) atoms. The summed E-state index contributed by atoms with van der Waals surface area (Å²) in [6.45, 7) is 3.50. The summed E-state index contributed by atoms with van der Waals surface area (Å²) in [6.07, 6.45) is 3.71. The molecule has 0 aromatic heterocycles. The molecule has 0 bridgehead atoms. The molecule has 0 aromatic rings. The van der Waals surface area contributed by atoms with Gasteiger partial charge >= 0.3 is 0 Å². The fourth-order valence-electron chi connectivity index (χ4n) is 0.561. The van der Waals surface area contributed by atoms with Gasteiger partial charge < -0.3 is 0 Å². The Morgan fingerprint density at radius 3 is 2.89 bits per heavy atom. The van der Waals surface area contributed by atoms with Crippen molar-refractivity contribution in [3.63, 3.8) is 0 Å². The maximum Gasteiger partial charge on any atom is 0.290 e. The van der Waals surface area contributed by atoms with Crippen LogP contribution in [0.1, 0.15) is 6.42 Å². The van der Waals surface area contributed by atoms with Crippen LogP contribution in [0.2, 0.25) is 0 Å². The molecular formula is C6H6N2O. The largest absolute Gasteiger partial charge is 0.290 e. The highest BCUT2D eigenvalue weighted by Gasteiger charge is 2.04. The minimum absolute atomic E-state index is 0.271. The van der Waals surface area contributed by atoms with Crippen LogP contribution in [-0.2, 0) is 4.79 Å². The lowest BCUT2D eigenvalue weighted by Crippen LogP contribution is -1.77. The van der Waals surface area contributed by atoms with E-state index >= 15 is 0 Å². The van der Waals surface area contributed by atoms with E-state index in [0.29, 0.717) is 12.1 Å². The van der Waals surface area contributed by atoms with Gasteiger partial charge in [-0.1, -0.05) is 6.08 Å². The highest BCUT2D eigenvalue weighted by Crippen LogP contribution is 2.10. The van der Waals surface area contributed by atoms with E-state index in [1.165, 1.54) is 6.08 Å². The molecule has 3 nitrogen and oxygen atoms in total. The monoisotopic (exact) mass is 122 g/mol. The summed E-state index contributed by atoms with van der Waals surface area (Å²) in [4.78, 5) is 10.4. The number of hydrogen-bond acceptors (Lipinski definition) is 2. The van der Waals surface area contributed by atoms with Gasteiger partial charge in [-0.3, -0.25) is 4.79 Å².